The van der Waals surface area contributed by atoms with Crippen LogP contribution in [0.25, 0.3) is 0 Å². The maximum Gasteiger partial charge on any atom is 0.416 e. The number of rotatable bonds is 1. The van der Waals surface area contributed by atoms with Crippen LogP contribution >= 0.6 is 15.9 Å². The Kier molecular flexibility index (Phi) is 2.33. The van der Waals surface area contributed by atoms with E-state index < -0.39 is 11.7 Å². The van der Waals surface area contributed by atoms with E-state index >= 15 is 0 Å². The summed E-state index contributed by atoms with van der Waals surface area (Å²) < 4.78 is 37.9. The maximum absolute atomic E-state index is 12.4. The van der Waals surface area contributed by atoms with Gasteiger partial charge in [0.25, 0.3) is 0 Å². The fourth-order valence-corrected chi connectivity index (χ4v) is 2.00. The zero-order valence-electron chi connectivity index (χ0n) is 7.24. The first-order valence-corrected chi connectivity index (χ1v) is 5.14. The van der Waals surface area contributed by atoms with Crippen LogP contribution in [0.5, 0.6) is 0 Å². The second-order valence-electron chi connectivity index (χ2n) is 3.51. The maximum atomic E-state index is 12.4. The molecule has 0 bridgehead atoms. The minimum Gasteiger partial charge on any atom is -0.166 e. The van der Waals surface area contributed by atoms with E-state index in [1.807, 2.05) is 0 Å². The highest BCUT2D eigenvalue weighted by atomic mass is 79.9. The lowest BCUT2D eigenvalue weighted by Crippen LogP contribution is -2.05. The van der Waals surface area contributed by atoms with Crippen molar-refractivity contribution in [2.45, 2.75) is 24.9 Å². The third-order valence-corrected chi connectivity index (χ3v) is 3.06. The third kappa shape index (κ3) is 1.95. The van der Waals surface area contributed by atoms with Crippen LogP contribution in [0.3, 0.4) is 0 Å². The molecule has 2 rings (SSSR count). The standard InChI is InChI=1S/C10H8BrF3/c11-9-4-3-7(10(12,13)14)5-8(9)6-1-2-6/h3-6H,1-2H2. The van der Waals surface area contributed by atoms with Gasteiger partial charge in [-0.25, -0.2) is 0 Å². The molecule has 0 atom stereocenters. The second kappa shape index (κ2) is 3.26. The van der Waals surface area contributed by atoms with Crippen molar-refractivity contribution in [1.82, 2.24) is 0 Å². The van der Waals surface area contributed by atoms with Crippen molar-refractivity contribution in [3.63, 3.8) is 0 Å². The van der Waals surface area contributed by atoms with Gasteiger partial charge in [0.2, 0.25) is 0 Å². The predicted octanol–water partition coefficient (Wildman–Crippen LogP) is 4.35. The van der Waals surface area contributed by atoms with Crippen LogP contribution in [0.1, 0.15) is 29.9 Å². The largest absolute Gasteiger partial charge is 0.416 e. The van der Waals surface area contributed by atoms with Crippen LogP contribution in [-0.4, -0.2) is 0 Å². The minimum absolute atomic E-state index is 0.326. The lowest BCUT2D eigenvalue weighted by molar-refractivity contribution is -0.137. The molecule has 1 saturated carbocycles. The minimum atomic E-state index is -4.23. The molecule has 0 heterocycles. The van der Waals surface area contributed by atoms with E-state index in [1.54, 1.807) is 0 Å². The van der Waals surface area contributed by atoms with Crippen LogP contribution in [0.2, 0.25) is 0 Å². The topological polar surface area (TPSA) is 0 Å². The van der Waals surface area contributed by atoms with E-state index in [9.17, 15) is 13.2 Å². The summed E-state index contributed by atoms with van der Waals surface area (Å²) in [7, 11) is 0. The zero-order chi connectivity index (χ0) is 10.3. The van der Waals surface area contributed by atoms with Crippen molar-refractivity contribution in [2.24, 2.45) is 0 Å². The molecular formula is C10H8BrF3. The van der Waals surface area contributed by atoms with E-state index in [-0.39, 0.29) is 0 Å². The molecule has 0 spiro atoms. The summed E-state index contributed by atoms with van der Waals surface area (Å²) in [5, 5.41) is 0. The molecule has 4 heteroatoms. The Morgan fingerprint density at radius 2 is 1.86 bits per heavy atom. The lowest BCUT2D eigenvalue weighted by atomic mass is 10.1. The lowest BCUT2D eigenvalue weighted by Gasteiger charge is -2.09. The third-order valence-electron chi connectivity index (χ3n) is 2.34. The smallest absolute Gasteiger partial charge is 0.166 e. The molecule has 1 aromatic rings. The van der Waals surface area contributed by atoms with Crippen molar-refractivity contribution < 1.29 is 13.2 Å². The number of alkyl halides is 3. The Balaban J connectivity index is 2.40. The van der Waals surface area contributed by atoms with Crippen molar-refractivity contribution in [2.75, 3.05) is 0 Å². The average molecular weight is 265 g/mol. The second-order valence-corrected chi connectivity index (χ2v) is 4.36. The van der Waals surface area contributed by atoms with Gasteiger partial charge in [-0.1, -0.05) is 15.9 Å². The molecule has 76 valence electrons. The van der Waals surface area contributed by atoms with Crippen molar-refractivity contribution in [3.8, 4) is 0 Å². The highest BCUT2D eigenvalue weighted by molar-refractivity contribution is 9.10. The zero-order valence-corrected chi connectivity index (χ0v) is 8.82. The van der Waals surface area contributed by atoms with E-state index in [0.29, 0.717) is 5.92 Å². The van der Waals surface area contributed by atoms with Gasteiger partial charge in [0.1, 0.15) is 0 Å². The Morgan fingerprint density at radius 3 is 2.36 bits per heavy atom. The highest BCUT2D eigenvalue weighted by Gasteiger charge is 2.33. The molecule has 0 radical (unpaired) electrons. The molecule has 1 fully saturated rings. The number of hydrogen-bond acceptors (Lipinski definition) is 0. The van der Waals surface area contributed by atoms with Gasteiger partial charge < -0.3 is 0 Å². The van der Waals surface area contributed by atoms with E-state index in [1.165, 1.54) is 12.1 Å². The molecule has 0 aliphatic heterocycles. The van der Waals surface area contributed by atoms with Gasteiger partial charge in [-0.15, -0.1) is 0 Å². The first-order chi connectivity index (χ1) is 6.48. The van der Waals surface area contributed by atoms with Gasteiger partial charge in [-0.05, 0) is 42.5 Å². The first-order valence-electron chi connectivity index (χ1n) is 4.35. The number of hydrogen-bond donors (Lipinski definition) is 0. The molecule has 0 unspecified atom stereocenters. The SMILES string of the molecule is FC(F)(F)c1ccc(Br)c(C2CC2)c1. The average Bonchev–Trinajstić information content (AvgIpc) is 2.85. The first kappa shape index (κ1) is 10.0. The Morgan fingerprint density at radius 1 is 1.21 bits per heavy atom. The molecule has 0 saturated heterocycles. The van der Waals surface area contributed by atoms with Crippen LogP contribution in [0, 0.1) is 0 Å². The highest BCUT2D eigenvalue weighted by Crippen LogP contribution is 2.45. The van der Waals surface area contributed by atoms with Gasteiger partial charge in [-0.3, -0.25) is 0 Å². The molecular weight excluding hydrogens is 257 g/mol. The summed E-state index contributed by atoms with van der Waals surface area (Å²) in [4.78, 5) is 0. The summed E-state index contributed by atoms with van der Waals surface area (Å²) in [6.07, 6.45) is -2.23. The van der Waals surface area contributed by atoms with Crippen LogP contribution in [0.15, 0.2) is 22.7 Å². The summed E-state index contributed by atoms with van der Waals surface area (Å²) in [5.74, 6) is 0.326. The monoisotopic (exact) mass is 264 g/mol. The van der Waals surface area contributed by atoms with Crippen LogP contribution in [0.4, 0.5) is 13.2 Å². The van der Waals surface area contributed by atoms with E-state index in [4.69, 9.17) is 0 Å². The van der Waals surface area contributed by atoms with Gasteiger partial charge in [0, 0.05) is 4.47 Å². The Hall–Kier alpha value is -0.510. The van der Waals surface area contributed by atoms with Crippen molar-refractivity contribution in [1.29, 1.82) is 0 Å². The number of halogens is 4. The van der Waals surface area contributed by atoms with Gasteiger partial charge >= 0.3 is 6.18 Å². The summed E-state index contributed by atoms with van der Waals surface area (Å²) in [6.45, 7) is 0. The van der Waals surface area contributed by atoms with Crippen LogP contribution in [-0.2, 0) is 6.18 Å². The predicted molar refractivity (Wildman–Crippen MR) is 51.1 cm³/mol. The molecule has 0 N–H and O–H groups in total. The van der Waals surface area contributed by atoms with Crippen molar-refractivity contribution >= 4 is 15.9 Å². The Bertz CT molecular complexity index is 353. The number of benzene rings is 1. The van der Waals surface area contributed by atoms with Gasteiger partial charge in [0.15, 0.2) is 0 Å². The van der Waals surface area contributed by atoms with Crippen LogP contribution < -0.4 is 0 Å². The molecule has 1 aliphatic carbocycles. The van der Waals surface area contributed by atoms with Crippen molar-refractivity contribution in [3.05, 3.63) is 33.8 Å². The molecule has 1 aliphatic rings. The molecule has 0 nitrogen and oxygen atoms in total. The Labute approximate surface area is 88.2 Å². The quantitative estimate of drug-likeness (QED) is 0.708. The van der Waals surface area contributed by atoms with Gasteiger partial charge in [0.05, 0.1) is 5.56 Å². The summed E-state index contributed by atoms with van der Waals surface area (Å²) in [5.41, 5.74) is 0.238. The van der Waals surface area contributed by atoms with Gasteiger partial charge in [-0.2, -0.15) is 13.2 Å². The molecule has 0 amide bonds. The normalized spacial score (nSPS) is 17.1. The fourth-order valence-electron chi connectivity index (χ4n) is 1.43. The molecule has 0 aromatic heterocycles. The summed E-state index contributed by atoms with van der Waals surface area (Å²) >= 11 is 3.27. The van der Waals surface area contributed by atoms with E-state index in [0.717, 1.165) is 28.9 Å². The molecule has 1 aromatic carbocycles. The fraction of sp³-hybridized carbons (Fsp3) is 0.400. The van der Waals surface area contributed by atoms with E-state index in [2.05, 4.69) is 15.9 Å². The summed E-state index contributed by atoms with van der Waals surface area (Å²) in [6, 6.07) is 3.84. The molecule has 14 heavy (non-hydrogen) atoms.